The molecule has 1 aromatic rings. The fourth-order valence-electron chi connectivity index (χ4n) is 2.54. The van der Waals surface area contributed by atoms with Crippen LogP contribution in [0.25, 0.3) is 0 Å². The third-order valence-corrected chi connectivity index (χ3v) is 5.22. The van der Waals surface area contributed by atoms with Crippen molar-refractivity contribution in [1.82, 2.24) is 10.0 Å². The van der Waals surface area contributed by atoms with Crippen LogP contribution in [0, 0.1) is 5.92 Å². The van der Waals surface area contributed by atoms with Gasteiger partial charge in [0, 0.05) is 6.54 Å². The van der Waals surface area contributed by atoms with E-state index >= 15 is 0 Å². The molecule has 1 fully saturated rings. The predicted octanol–water partition coefficient (Wildman–Crippen LogP) is 0.888. The number of benzene rings is 1. The Balaban J connectivity index is 1.97. The van der Waals surface area contributed by atoms with E-state index in [1.54, 1.807) is 19.1 Å². The van der Waals surface area contributed by atoms with Crippen molar-refractivity contribution in [2.24, 2.45) is 5.92 Å². The van der Waals surface area contributed by atoms with Gasteiger partial charge in [-0.15, -0.1) is 0 Å². The Labute approximate surface area is 126 Å². The van der Waals surface area contributed by atoms with Crippen LogP contribution >= 0.6 is 0 Å². The summed E-state index contributed by atoms with van der Waals surface area (Å²) >= 11 is 0. The molecule has 0 aromatic heterocycles. The third-order valence-electron chi connectivity index (χ3n) is 3.79. The Morgan fingerprint density at radius 3 is 2.48 bits per heavy atom. The molecule has 1 atom stereocenters. The van der Waals surface area contributed by atoms with Gasteiger partial charge in [-0.3, -0.25) is 0 Å². The van der Waals surface area contributed by atoms with Gasteiger partial charge in [-0.2, -0.15) is 0 Å². The lowest BCUT2D eigenvalue weighted by Crippen LogP contribution is -2.30. The molecule has 0 aliphatic carbocycles. The zero-order valence-electron chi connectivity index (χ0n) is 12.4. The van der Waals surface area contributed by atoms with Gasteiger partial charge < -0.3 is 10.4 Å². The van der Waals surface area contributed by atoms with E-state index in [4.69, 9.17) is 5.11 Å². The van der Waals surface area contributed by atoms with Crippen LogP contribution in [0.15, 0.2) is 29.2 Å². The van der Waals surface area contributed by atoms with E-state index in [1.807, 2.05) is 12.1 Å². The fourth-order valence-corrected chi connectivity index (χ4v) is 3.66. The van der Waals surface area contributed by atoms with Crippen molar-refractivity contribution in [2.45, 2.75) is 37.2 Å². The third kappa shape index (κ3) is 5.07. The molecular weight excluding hydrogens is 288 g/mol. The van der Waals surface area contributed by atoms with Gasteiger partial charge in [0.15, 0.2) is 0 Å². The molecule has 5 nitrogen and oxygen atoms in total. The molecule has 21 heavy (non-hydrogen) atoms. The molecule has 0 spiro atoms. The highest BCUT2D eigenvalue weighted by molar-refractivity contribution is 7.89. The van der Waals surface area contributed by atoms with E-state index in [0.29, 0.717) is 5.92 Å². The van der Waals surface area contributed by atoms with Crippen molar-refractivity contribution in [3.63, 3.8) is 0 Å². The predicted molar refractivity (Wildman–Crippen MR) is 82.6 cm³/mol. The summed E-state index contributed by atoms with van der Waals surface area (Å²) in [6, 6.07) is 7.06. The number of aliphatic hydroxyl groups excluding tert-OH is 1. The first-order valence-electron chi connectivity index (χ1n) is 7.45. The number of hydrogen-bond donors (Lipinski definition) is 3. The minimum Gasteiger partial charge on any atom is -0.392 e. The largest absolute Gasteiger partial charge is 0.392 e. The molecule has 1 aliphatic heterocycles. The van der Waals surface area contributed by atoms with Crippen LogP contribution in [0.2, 0.25) is 0 Å². The Kier molecular flexibility index (Phi) is 5.75. The molecule has 2 rings (SSSR count). The van der Waals surface area contributed by atoms with Crippen LogP contribution < -0.4 is 10.0 Å². The maximum Gasteiger partial charge on any atom is 0.240 e. The van der Waals surface area contributed by atoms with Crippen molar-refractivity contribution in [3.8, 4) is 0 Å². The number of aliphatic hydroxyl groups is 1. The zero-order chi connectivity index (χ0) is 15.3. The van der Waals surface area contributed by atoms with E-state index < -0.39 is 16.1 Å². The molecule has 1 saturated heterocycles. The molecule has 3 N–H and O–H groups in total. The lowest BCUT2D eigenvalue weighted by Gasteiger charge is -2.22. The lowest BCUT2D eigenvalue weighted by molar-refractivity contribution is 0.198. The SMILES string of the molecule is CC(O)CNS(=O)(=O)c1ccc(CC2CCNCC2)cc1. The van der Waals surface area contributed by atoms with Crippen molar-refractivity contribution in [2.75, 3.05) is 19.6 Å². The first-order valence-corrected chi connectivity index (χ1v) is 8.93. The van der Waals surface area contributed by atoms with Gasteiger partial charge in [0.05, 0.1) is 11.0 Å². The number of sulfonamides is 1. The smallest absolute Gasteiger partial charge is 0.240 e. The van der Waals surface area contributed by atoms with Gasteiger partial charge in [0.25, 0.3) is 0 Å². The van der Waals surface area contributed by atoms with Crippen LogP contribution in [0.4, 0.5) is 0 Å². The van der Waals surface area contributed by atoms with Crippen molar-refractivity contribution in [3.05, 3.63) is 29.8 Å². The fraction of sp³-hybridized carbons (Fsp3) is 0.600. The lowest BCUT2D eigenvalue weighted by atomic mass is 9.91. The zero-order valence-corrected chi connectivity index (χ0v) is 13.2. The minimum absolute atomic E-state index is 0.0269. The number of piperidine rings is 1. The summed E-state index contributed by atoms with van der Waals surface area (Å²) in [4.78, 5) is 0.247. The Hall–Kier alpha value is -0.950. The standard InChI is InChI=1S/C15H24N2O3S/c1-12(18)11-17-21(19,20)15-4-2-13(3-5-15)10-14-6-8-16-9-7-14/h2-5,12,14,16-18H,6-11H2,1H3. The van der Waals surface area contributed by atoms with Gasteiger partial charge in [-0.05, 0) is 62.9 Å². The van der Waals surface area contributed by atoms with Crippen LogP contribution in [-0.2, 0) is 16.4 Å². The normalized spacial score (nSPS) is 18.6. The number of rotatable bonds is 6. The summed E-state index contributed by atoms with van der Waals surface area (Å²) in [5, 5.41) is 12.5. The minimum atomic E-state index is -3.53. The molecule has 1 aromatic carbocycles. The molecule has 0 saturated carbocycles. The molecular formula is C15H24N2O3S. The van der Waals surface area contributed by atoms with Crippen LogP contribution in [0.1, 0.15) is 25.3 Å². The van der Waals surface area contributed by atoms with E-state index in [1.165, 1.54) is 18.4 Å². The molecule has 1 aliphatic rings. The average Bonchev–Trinajstić information content (AvgIpc) is 2.47. The summed E-state index contributed by atoms with van der Waals surface area (Å²) < 4.78 is 26.4. The van der Waals surface area contributed by atoms with Gasteiger partial charge in [-0.25, -0.2) is 13.1 Å². The van der Waals surface area contributed by atoms with Gasteiger partial charge in [-0.1, -0.05) is 12.1 Å². The Bertz CT molecular complexity index is 535. The van der Waals surface area contributed by atoms with Gasteiger partial charge in [0.1, 0.15) is 0 Å². The topological polar surface area (TPSA) is 78.4 Å². The summed E-state index contributed by atoms with van der Waals surface area (Å²) in [7, 11) is -3.53. The highest BCUT2D eigenvalue weighted by Gasteiger charge is 2.16. The molecule has 118 valence electrons. The first kappa shape index (κ1) is 16.4. The maximum absolute atomic E-state index is 12.0. The van der Waals surface area contributed by atoms with Crippen LogP contribution in [0.3, 0.4) is 0 Å². The molecule has 0 amide bonds. The second-order valence-electron chi connectivity index (χ2n) is 5.74. The highest BCUT2D eigenvalue weighted by Crippen LogP contribution is 2.19. The molecule has 0 bridgehead atoms. The van der Waals surface area contributed by atoms with E-state index in [0.717, 1.165) is 19.5 Å². The van der Waals surface area contributed by atoms with Crippen molar-refractivity contribution >= 4 is 10.0 Å². The molecule has 6 heteroatoms. The Morgan fingerprint density at radius 1 is 1.29 bits per heavy atom. The van der Waals surface area contributed by atoms with E-state index in [9.17, 15) is 8.42 Å². The summed E-state index contributed by atoms with van der Waals surface area (Å²) in [6.07, 6.45) is 2.66. The van der Waals surface area contributed by atoms with E-state index in [-0.39, 0.29) is 11.4 Å². The van der Waals surface area contributed by atoms with Crippen molar-refractivity contribution < 1.29 is 13.5 Å². The maximum atomic E-state index is 12.0. The molecule has 1 unspecified atom stereocenters. The second kappa shape index (κ2) is 7.35. The van der Waals surface area contributed by atoms with Crippen LogP contribution in [0.5, 0.6) is 0 Å². The van der Waals surface area contributed by atoms with E-state index in [2.05, 4.69) is 10.0 Å². The monoisotopic (exact) mass is 312 g/mol. The quantitative estimate of drug-likeness (QED) is 0.729. The number of nitrogens with one attached hydrogen (secondary N) is 2. The summed E-state index contributed by atoms with van der Waals surface area (Å²) in [5.74, 6) is 0.682. The molecule has 1 heterocycles. The number of hydrogen-bond acceptors (Lipinski definition) is 4. The summed E-state index contributed by atoms with van der Waals surface area (Å²) in [5.41, 5.74) is 1.18. The summed E-state index contributed by atoms with van der Waals surface area (Å²) in [6.45, 7) is 3.71. The Morgan fingerprint density at radius 2 is 1.90 bits per heavy atom. The molecule has 0 radical (unpaired) electrons. The van der Waals surface area contributed by atoms with Crippen LogP contribution in [-0.4, -0.2) is 39.3 Å². The van der Waals surface area contributed by atoms with Gasteiger partial charge in [0.2, 0.25) is 10.0 Å². The van der Waals surface area contributed by atoms with Crippen molar-refractivity contribution in [1.29, 1.82) is 0 Å². The van der Waals surface area contributed by atoms with Gasteiger partial charge >= 0.3 is 0 Å². The average molecular weight is 312 g/mol. The highest BCUT2D eigenvalue weighted by atomic mass is 32.2. The first-order chi connectivity index (χ1) is 9.97. The second-order valence-corrected chi connectivity index (χ2v) is 7.51.